The molecule has 0 spiro atoms. The number of carbonyl (C=O) groups is 3. The van der Waals surface area contributed by atoms with Crippen molar-refractivity contribution in [2.75, 3.05) is 19.6 Å². The summed E-state index contributed by atoms with van der Waals surface area (Å²) in [6, 6.07) is 17.8. The zero-order valence-corrected chi connectivity index (χ0v) is 30.8. The van der Waals surface area contributed by atoms with Gasteiger partial charge in [-0.3, -0.25) is 9.69 Å². The van der Waals surface area contributed by atoms with Gasteiger partial charge >= 0.3 is 5.97 Å². The van der Waals surface area contributed by atoms with Gasteiger partial charge in [0.05, 0.1) is 17.5 Å². The SMILES string of the molecule is CC1(C)C(c2ccc(C(=O)O)cc2)=CCC2(C)C1CCC1(C)C3CCC4(C(=O)NCCN(CC=O)Cc5ccccc5)CCCC4C3CCC12. The average Bonchev–Trinajstić information content (AvgIpc) is 3.55. The third-order valence-corrected chi connectivity index (χ3v) is 15.3. The second kappa shape index (κ2) is 13.4. The molecule has 4 saturated carbocycles. The quantitative estimate of drug-likeness (QED) is 0.246. The molecule has 8 atom stereocenters. The number of hydrogen-bond acceptors (Lipinski definition) is 4. The number of benzene rings is 2. The normalized spacial score (nSPS) is 35.5. The number of carbonyl (C=O) groups excluding carboxylic acids is 2. The lowest BCUT2D eigenvalue weighted by atomic mass is 9.36. The zero-order valence-electron chi connectivity index (χ0n) is 30.8. The largest absolute Gasteiger partial charge is 0.478 e. The maximum absolute atomic E-state index is 14.2. The predicted octanol–water partition coefficient (Wildman–Crippen LogP) is 8.66. The van der Waals surface area contributed by atoms with Crippen molar-refractivity contribution >= 4 is 23.7 Å². The van der Waals surface area contributed by atoms with Crippen LogP contribution in [0.1, 0.15) is 113 Å². The summed E-state index contributed by atoms with van der Waals surface area (Å²) in [6.45, 7) is 12.4. The molecule has 5 aliphatic carbocycles. The Morgan fingerprint density at radius 2 is 1.62 bits per heavy atom. The first kappa shape index (κ1) is 35.2. The van der Waals surface area contributed by atoms with Gasteiger partial charge in [0.2, 0.25) is 5.91 Å². The minimum Gasteiger partial charge on any atom is -0.478 e. The summed E-state index contributed by atoms with van der Waals surface area (Å²) in [5.41, 5.74) is 4.34. The van der Waals surface area contributed by atoms with E-state index in [9.17, 15) is 19.5 Å². The van der Waals surface area contributed by atoms with E-state index in [1.165, 1.54) is 43.2 Å². The maximum atomic E-state index is 14.2. The molecule has 0 radical (unpaired) electrons. The Hall–Kier alpha value is -3.25. The lowest BCUT2D eigenvalue weighted by Crippen LogP contribution is -2.62. The maximum Gasteiger partial charge on any atom is 0.335 e. The summed E-state index contributed by atoms with van der Waals surface area (Å²) in [7, 11) is 0. The second-order valence-corrected chi connectivity index (χ2v) is 17.8. The fraction of sp³-hybridized carbons (Fsp3) is 0.614. The number of aldehydes is 1. The summed E-state index contributed by atoms with van der Waals surface area (Å²) < 4.78 is 0. The number of carboxylic acid groups (broad SMARTS) is 1. The zero-order chi connectivity index (χ0) is 35.3. The summed E-state index contributed by atoms with van der Waals surface area (Å²) in [5.74, 6) is 2.41. The smallest absolute Gasteiger partial charge is 0.335 e. The molecule has 7 rings (SSSR count). The van der Waals surface area contributed by atoms with E-state index in [1.54, 1.807) is 12.1 Å². The first-order valence-electron chi connectivity index (χ1n) is 19.5. The molecule has 0 heterocycles. The molecule has 0 bridgehead atoms. The van der Waals surface area contributed by atoms with E-state index in [1.807, 2.05) is 30.3 Å². The van der Waals surface area contributed by atoms with Crippen LogP contribution in [0.3, 0.4) is 0 Å². The van der Waals surface area contributed by atoms with Gasteiger partial charge in [-0.05, 0) is 132 Å². The van der Waals surface area contributed by atoms with Crippen LogP contribution >= 0.6 is 0 Å². The lowest BCUT2D eigenvalue weighted by Gasteiger charge is -2.68. The van der Waals surface area contributed by atoms with E-state index in [0.29, 0.717) is 61.3 Å². The number of aromatic carboxylic acids is 1. The van der Waals surface area contributed by atoms with E-state index in [0.717, 1.165) is 44.0 Å². The van der Waals surface area contributed by atoms with E-state index >= 15 is 0 Å². The van der Waals surface area contributed by atoms with Gasteiger partial charge in [0.15, 0.2) is 0 Å². The highest BCUT2D eigenvalue weighted by Gasteiger charge is 2.66. The van der Waals surface area contributed by atoms with Crippen molar-refractivity contribution in [3.8, 4) is 0 Å². The molecule has 0 aromatic heterocycles. The van der Waals surface area contributed by atoms with E-state index in [2.05, 4.69) is 56.1 Å². The average molecular weight is 679 g/mol. The van der Waals surface area contributed by atoms with Crippen molar-refractivity contribution < 1.29 is 19.5 Å². The molecule has 0 aliphatic heterocycles. The number of amides is 1. The highest BCUT2D eigenvalue weighted by Crippen LogP contribution is 2.73. The van der Waals surface area contributed by atoms with Crippen LogP contribution in [-0.2, 0) is 16.1 Å². The van der Waals surface area contributed by atoms with E-state index < -0.39 is 5.97 Å². The van der Waals surface area contributed by atoms with Crippen LogP contribution in [-0.4, -0.2) is 47.8 Å². The third-order valence-electron chi connectivity index (χ3n) is 15.3. The van der Waals surface area contributed by atoms with Crippen molar-refractivity contribution in [2.24, 2.45) is 51.2 Å². The fourth-order valence-corrected chi connectivity index (χ4v) is 13.2. The number of allylic oxidation sites excluding steroid dienone is 2. The number of hydrogen-bond donors (Lipinski definition) is 2. The summed E-state index contributed by atoms with van der Waals surface area (Å²) in [6.07, 6.45) is 15.1. The summed E-state index contributed by atoms with van der Waals surface area (Å²) in [5, 5.41) is 12.8. The lowest BCUT2D eigenvalue weighted by molar-refractivity contribution is -0.181. The molecule has 5 aliphatic rings. The Bertz CT molecular complexity index is 1620. The molecule has 50 heavy (non-hydrogen) atoms. The van der Waals surface area contributed by atoms with E-state index in [-0.39, 0.29) is 27.6 Å². The Balaban J connectivity index is 1.05. The van der Waals surface area contributed by atoms with Crippen LogP contribution < -0.4 is 5.32 Å². The Kier molecular flexibility index (Phi) is 9.41. The number of carboxylic acids is 1. The van der Waals surface area contributed by atoms with Crippen LogP contribution in [0.2, 0.25) is 0 Å². The van der Waals surface area contributed by atoms with Gasteiger partial charge in [-0.25, -0.2) is 4.79 Å². The number of fused-ring (bicyclic) bond motifs is 7. The monoisotopic (exact) mass is 678 g/mol. The van der Waals surface area contributed by atoms with Crippen molar-refractivity contribution in [3.63, 3.8) is 0 Å². The first-order valence-corrected chi connectivity index (χ1v) is 19.5. The molecule has 268 valence electrons. The van der Waals surface area contributed by atoms with Gasteiger partial charge < -0.3 is 15.2 Å². The molecular weight excluding hydrogens is 620 g/mol. The molecule has 2 aromatic rings. The first-order chi connectivity index (χ1) is 23.9. The van der Waals surface area contributed by atoms with Crippen LogP contribution in [0.25, 0.3) is 5.57 Å². The summed E-state index contributed by atoms with van der Waals surface area (Å²) in [4.78, 5) is 39.3. The van der Waals surface area contributed by atoms with Crippen molar-refractivity contribution in [2.45, 2.75) is 98.4 Å². The van der Waals surface area contributed by atoms with Gasteiger partial charge in [-0.2, -0.15) is 0 Å². The number of rotatable bonds is 10. The standard InChI is InChI=1S/C44H58N2O4/c1-41(2)34(31-12-14-32(15-13-31)39(48)49)18-22-43(4)37(41)20-23-42(3)35-19-24-44(21-8-11-36(44)33(35)16-17-38(42)43)40(50)45-25-26-46(27-28-47)29-30-9-6-5-7-10-30/h5-7,9-10,12-15,18,28,33,35-38H,8,11,16-17,19-27,29H2,1-4H3,(H,45,50)(H,48,49). The highest BCUT2D eigenvalue weighted by atomic mass is 16.4. The number of nitrogens with zero attached hydrogens (tertiary/aromatic N) is 1. The summed E-state index contributed by atoms with van der Waals surface area (Å²) >= 11 is 0. The molecule has 1 amide bonds. The predicted molar refractivity (Wildman–Crippen MR) is 198 cm³/mol. The van der Waals surface area contributed by atoms with Gasteiger partial charge in [0, 0.05) is 19.6 Å². The highest BCUT2D eigenvalue weighted by molar-refractivity contribution is 5.88. The van der Waals surface area contributed by atoms with Crippen LogP contribution in [0.15, 0.2) is 60.7 Å². The van der Waals surface area contributed by atoms with Gasteiger partial charge in [0.1, 0.15) is 6.29 Å². The van der Waals surface area contributed by atoms with Gasteiger partial charge in [-0.15, -0.1) is 0 Å². The van der Waals surface area contributed by atoms with E-state index in [4.69, 9.17) is 0 Å². The topological polar surface area (TPSA) is 86.7 Å². The third kappa shape index (κ3) is 5.78. The second-order valence-electron chi connectivity index (χ2n) is 17.8. The van der Waals surface area contributed by atoms with Crippen molar-refractivity contribution in [1.82, 2.24) is 10.2 Å². The molecule has 2 aromatic carbocycles. The minimum absolute atomic E-state index is 0.00355. The Morgan fingerprint density at radius 3 is 2.34 bits per heavy atom. The minimum atomic E-state index is -0.877. The van der Waals surface area contributed by atoms with Gasteiger partial charge in [0.25, 0.3) is 0 Å². The molecule has 8 unspecified atom stereocenters. The molecule has 2 N–H and O–H groups in total. The molecule has 0 saturated heterocycles. The Labute approximate surface area is 299 Å². The van der Waals surface area contributed by atoms with Crippen LogP contribution in [0, 0.1) is 51.2 Å². The fourth-order valence-electron chi connectivity index (χ4n) is 13.2. The number of nitrogens with one attached hydrogen (secondary N) is 1. The van der Waals surface area contributed by atoms with Gasteiger partial charge in [-0.1, -0.05) is 82.7 Å². The van der Waals surface area contributed by atoms with Crippen molar-refractivity contribution in [1.29, 1.82) is 0 Å². The molecule has 4 fully saturated rings. The molecular formula is C44H58N2O4. The van der Waals surface area contributed by atoms with Crippen LogP contribution in [0.5, 0.6) is 0 Å². The Morgan fingerprint density at radius 1 is 0.860 bits per heavy atom. The molecule has 6 heteroatoms. The molecule has 6 nitrogen and oxygen atoms in total. The van der Waals surface area contributed by atoms with Crippen molar-refractivity contribution in [3.05, 3.63) is 77.4 Å². The van der Waals surface area contributed by atoms with Crippen LogP contribution in [0.4, 0.5) is 0 Å².